The molecule has 1 aliphatic carbocycles. The van der Waals surface area contributed by atoms with Crippen molar-refractivity contribution in [3.63, 3.8) is 0 Å². The summed E-state index contributed by atoms with van der Waals surface area (Å²) in [6, 6.07) is 17.2. The zero-order chi connectivity index (χ0) is 18.5. The molecule has 26 heavy (non-hydrogen) atoms. The van der Waals surface area contributed by atoms with E-state index >= 15 is 0 Å². The number of carbonyl (C=O) groups excluding carboxylic acids is 2. The molecule has 2 aromatic rings. The highest BCUT2D eigenvalue weighted by molar-refractivity contribution is 6.59. The zero-order valence-electron chi connectivity index (χ0n) is 13.4. The minimum atomic E-state index is -0.459. The molecule has 0 N–H and O–H groups in total. The van der Waals surface area contributed by atoms with Crippen LogP contribution in [-0.2, 0) is 0 Å². The molecule has 6 heteroatoms. The van der Waals surface area contributed by atoms with Crippen LogP contribution in [0.4, 0.5) is 0 Å². The second kappa shape index (κ2) is 8.04. The van der Waals surface area contributed by atoms with Crippen molar-refractivity contribution in [2.24, 2.45) is 9.98 Å². The topological polar surface area (TPSA) is 58.9 Å². The molecule has 0 fully saturated rings. The molecule has 4 nitrogen and oxygen atoms in total. The fraction of sp³-hybridized carbons (Fsp3) is 0. The molecule has 0 aliphatic heterocycles. The van der Waals surface area contributed by atoms with Crippen molar-refractivity contribution in [1.82, 2.24) is 0 Å². The Hall–Kier alpha value is -2.82. The maximum Gasteiger partial charge on any atom is 0.277 e. The minimum absolute atomic E-state index is 0.140. The molecule has 0 saturated carbocycles. The van der Waals surface area contributed by atoms with Crippen LogP contribution in [0.5, 0.6) is 0 Å². The van der Waals surface area contributed by atoms with Gasteiger partial charge in [-0.2, -0.15) is 0 Å². The maximum absolute atomic E-state index is 12.2. The monoisotopic (exact) mass is 382 g/mol. The lowest BCUT2D eigenvalue weighted by Crippen LogP contribution is -2.12. The van der Waals surface area contributed by atoms with Gasteiger partial charge >= 0.3 is 0 Å². The van der Waals surface area contributed by atoms with Crippen LogP contribution in [0.2, 0.25) is 0 Å². The summed E-state index contributed by atoms with van der Waals surface area (Å²) in [4.78, 5) is 32.3. The number of amides is 2. The van der Waals surface area contributed by atoms with Crippen molar-refractivity contribution in [3.05, 3.63) is 94.0 Å². The van der Waals surface area contributed by atoms with Crippen LogP contribution in [0.1, 0.15) is 20.7 Å². The summed E-state index contributed by atoms with van der Waals surface area (Å²) >= 11 is 12.4. The Kier molecular flexibility index (Phi) is 5.56. The summed E-state index contributed by atoms with van der Waals surface area (Å²) in [5.41, 5.74) is 1.31. The number of rotatable bonds is 2. The molecule has 0 bridgehead atoms. The van der Waals surface area contributed by atoms with E-state index in [0.29, 0.717) is 16.8 Å². The van der Waals surface area contributed by atoms with Crippen molar-refractivity contribution in [3.8, 4) is 0 Å². The van der Waals surface area contributed by atoms with E-state index in [1.807, 2.05) is 6.07 Å². The van der Waals surface area contributed by atoms with E-state index in [-0.39, 0.29) is 15.8 Å². The first-order valence-electron chi connectivity index (χ1n) is 7.66. The highest BCUT2D eigenvalue weighted by atomic mass is 35.5. The number of carbonyl (C=O) groups is 2. The van der Waals surface area contributed by atoms with Gasteiger partial charge in [0.15, 0.2) is 0 Å². The normalized spacial score (nSPS) is 13.6. The van der Waals surface area contributed by atoms with Gasteiger partial charge in [0, 0.05) is 11.1 Å². The predicted octanol–water partition coefficient (Wildman–Crippen LogP) is 4.81. The van der Waals surface area contributed by atoms with Crippen molar-refractivity contribution < 1.29 is 9.59 Å². The highest BCUT2D eigenvalue weighted by Crippen LogP contribution is 2.22. The van der Waals surface area contributed by atoms with Crippen LogP contribution in [0.3, 0.4) is 0 Å². The Bertz CT molecular complexity index is 951. The summed E-state index contributed by atoms with van der Waals surface area (Å²) in [5.74, 6) is -0.873. The van der Waals surface area contributed by atoms with Crippen LogP contribution in [0.25, 0.3) is 0 Å². The van der Waals surface area contributed by atoms with Crippen LogP contribution < -0.4 is 0 Å². The molecule has 128 valence electrons. The Morgan fingerprint density at radius 3 is 1.54 bits per heavy atom. The van der Waals surface area contributed by atoms with Crippen molar-refractivity contribution in [2.45, 2.75) is 0 Å². The second-order valence-electron chi connectivity index (χ2n) is 5.32. The summed E-state index contributed by atoms with van der Waals surface area (Å²) in [5, 5.41) is 0.280. The van der Waals surface area contributed by atoms with Crippen molar-refractivity contribution >= 4 is 46.4 Å². The summed E-state index contributed by atoms with van der Waals surface area (Å²) < 4.78 is 0. The van der Waals surface area contributed by atoms with Gasteiger partial charge in [0.25, 0.3) is 11.8 Å². The third kappa shape index (κ3) is 4.23. The largest absolute Gasteiger partial charge is 0.277 e. The number of halogens is 2. The molecule has 0 unspecified atom stereocenters. The van der Waals surface area contributed by atoms with Gasteiger partial charge in [0.05, 0.1) is 15.8 Å². The number of hydrogen-bond donors (Lipinski definition) is 0. The average Bonchev–Trinajstić information content (AvgIpc) is 2.66. The van der Waals surface area contributed by atoms with Gasteiger partial charge in [-0.25, -0.2) is 9.98 Å². The Morgan fingerprint density at radius 1 is 0.654 bits per heavy atom. The predicted molar refractivity (Wildman–Crippen MR) is 104 cm³/mol. The lowest BCUT2D eigenvalue weighted by molar-refractivity contribution is 0.0994. The molecule has 0 spiro atoms. The summed E-state index contributed by atoms with van der Waals surface area (Å²) in [7, 11) is 0. The van der Waals surface area contributed by atoms with E-state index < -0.39 is 11.8 Å². The minimum Gasteiger partial charge on any atom is -0.267 e. The number of allylic oxidation sites excluding steroid dienone is 4. The first kappa shape index (κ1) is 18.0. The van der Waals surface area contributed by atoms with Gasteiger partial charge in [-0.3, -0.25) is 9.59 Å². The van der Waals surface area contributed by atoms with Gasteiger partial charge in [0.2, 0.25) is 0 Å². The standard InChI is InChI=1S/C20H12Cl2N2O2/c21-16-11-15(23-19(25)13-7-3-1-4-8-13)12-17(22)18(16)24-20(26)14-9-5-2-6-10-14/h1-12H. The smallest absolute Gasteiger partial charge is 0.267 e. The van der Waals surface area contributed by atoms with E-state index in [1.165, 1.54) is 12.2 Å². The van der Waals surface area contributed by atoms with Gasteiger partial charge < -0.3 is 0 Å². The van der Waals surface area contributed by atoms with E-state index in [1.54, 1.807) is 54.6 Å². The fourth-order valence-electron chi connectivity index (χ4n) is 2.23. The van der Waals surface area contributed by atoms with Crippen LogP contribution in [-0.4, -0.2) is 23.2 Å². The lowest BCUT2D eigenvalue weighted by atomic mass is 10.1. The number of aliphatic imine (C=N–C) groups is 2. The van der Waals surface area contributed by atoms with Crippen molar-refractivity contribution in [1.29, 1.82) is 0 Å². The SMILES string of the molecule is O=C(N=C1C=C(Cl)C(=NC(=O)c2ccccc2)C(Cl)=C1)c1ccccc1. The van der Waals surface area contributed by atoms with E-state index in [9.17, 15) is 9.59 Å². The molecule has 2 amide bonds. The third-order valence-electron chi connectivity index (χ3n) is 3.49. The van der Waals surface area contributed by atoms with Gasteiger partial charge in [0.1, 0.15) is 5.71 Å². The molecule has 2 aromatic carbocycles. The first-order valence-corrected chi connectivity index (χ1v) is 8.41. The molecule has 0 saturated heterocycles. The van der Waals surface area contributed by atoms with Crippen LogP contribution >= 0.6 is 23.2 Å². The van der Waals surface area contributed by atoms with Gasteiger partial charge in [-0.15, -0.1) is 0 Å². The van der Waals surface area contributed by atoms with Crippen LogP contribution in [0.15, 0.2) is 92.9 Å². The Morgan fingerprint density at radius 2 is 1.08 bits per heavy atom. The molecule has 1 aliphatic rings. The molecular weight excluding hydrogens is 371 g/mol. The van der Waals surface area contributed by atoms with Gasteiger partial charge in [-0.1, -0.05) is 59.6 Å². The summed E-state index contributed by atoms with van der Waals surface area (Å²) in [6.45, 7) is 0. The van der Waals surface area contributed by atoms with E-state index in [0.717, 1.165) is 0 Å². The van der Waals surface area contributed by atoms with Gasteiger partial charge in [-0.05, 0) is 36.4 Å². The van der Waals surface area contributed by atoms with E-state index in [2.05, 4.69) is 9.98 Å². The highest BCUT2D eigenvalue weighted by Gasteiger charge is 2.19. The molecular formula is C20H12Cl2N2O2. The second-order valence-corrected chi connectivity index (χ2v) is 6.14. The van der Waals surface area contributed by atoms with E-state index in [4.69, 9.17) is 23.2 Å². The average molecular weight is 383 g/mol. The molecule has 3 rings (SSSR count). The lowest BCUT2D eigenvalue weighted by Gasteiger charge is -2.10. The maximum atomic E-state index is 12.2. The fourth-order valence-corrected chi connectivity index (χ4v) is 2.79. The number of nitrogens with zero attached hydrogens (tertiary/aromatic N) is 2. The number of hydrogen-bond acceptors (Lipinski definition) is 2. The molecule has 0 radical (unpaired) electrons. The zero-order valence-corrected chi connectivity index (χ0v) is 14.9. The first-order chi connectivity index (χ1) is 12.5. The Labute approximate surface area is 160 Å². The quantitative estimate of drug-likeness (QED) is 0.699. The Balaban J connectivity index is 1.86. The molecule has 0 atom stereocenters. The number of benzene rings is 2. The van der Waals surface area contributed by atoms with Crippen LogP contribution in [0, 0.1) is 0 Å². The molecule has 0 heterocycles. The van der Waals surface area contributed by atoms with Crippen molar-refractivity contribution in [2.75, 3.05) is 0 Å². The summed E-state index contributed by atoms with van der Waals surface area (Å²) in [6.07, 6.45) is 2.90. The molecule has 0 aromatic heterocycles. The third-order valence-corrected chi connectivity index (χ3v) is 4.06.